The van der Waals surface area contributed by atoms with E-state index >= 15 is 0 Å². The Kier molecular flexibility index (Phi) is 5.22. The fourth-order valence-electron chi connectivity index (χ4n) is 2.79. The Balaban J connectivity index is 1.63. The maximum absolute atomic E-state index is 4.21. The van der Waals surface area contributed by atoms with Crippen molar-refractivity contribution in [3.8, 4) is 0 Å². The molecule has 1 heterocycles. The van der Waals surface area contributed by atoms with Crippen molar-refractivity contribution >= 4 is 0 Å². The molecular formula is C15H29N3. The summed E-state index contributed by atoms with van der Waals surface area (Å²) >= 11 is 0. The second kappa shape index (κ2) is 6.69. The molecule has 0 amide bonds. The lowest BCUT2D eigenvalue weighted by Crippen LogP contribution is -2.44. The summed E-state index contributed by atoms with van der Waals surface area (Å²) < 4.78 is 0. The number of piperidine rings is 1. The highest BCUT2D eigenvalue weighted by atomic mass is 15.2. The normalized spacial score (nSPS) is 22.6. The largest absolute Gasteiger partial charge is 0.310 e. The predicted molar refractivity (Wildman–Crippen MR) is 77.9 cm³/mol. The first kappa shape index (κ1) is 14.0. The summed E-state index contributed by atoms with van der Waals surface area (Å²) in [4.78, 5) is 5.05. The Morgan fingerprint density at radius 3 is 2.50 bits per heavy atom. The highest BCUT2D eigenvalue weighted by molar-refractivity contribution is 5.02. The van der Waals surface area contributed by atoms with Gasteiger partial charge in [0.05, 0.1) is 0 Å². The fourth-order valence-corrected chi connectivity index (χ4v) is 2.79. The van der Waals surface area contributed by atoms with Gasteiger partial charge in [-0.15, -0.1) is 0 Å². The third kappa shape index (κ3) is 4.38. The Bertz CT molecular complexity index is 265. The highest BCUT2D eigenvalue weighted by Gasteiger charge is 2.23. The van der Waals surface area contributed by atoms with Gasteiger partial charge in [-0.05, 0) is 57.9 Å². The van der Waals surface area contributed by atoms with E-state index in [0.29, 0.717) is 0 Å². The standard InChI is InChI=1S/C15H29N3/c1-4-18-9-7-15(8-10-18)17(3)12-13(2)11-16-14-5-6-14/h14-16H,2,4-12H2,1,3H3. The van der Waals surface area contributed by atoms with E-state index in [4.69, 9.17) is 0 Å². The molecule has 1 saturated heterocycles. The predicted octanol–water partition coefficient (Wildman–Crippen LogP) is 1.71. The van der Waals surface area contributed by atoms with E-state index in [-0.39, 0.29) is 0 Å². The Labute approximate surface area is 112 Å². The van der Waals surface area contributed by atoms with Crippen LogP contribution in [0.5, 0.6) is 0 Å². The van der Waals surface area contributed by atoms with Gasteiger partial charge in [0.2, 0.25) is 0 Å². The van der Waals surface area contributed by atoms with Crippen molar-refractivity contribution < 1.29 is 0 Å². The van der Waals surface area contributed by atoms with Crippen LogP contribution in [0.15, 0.2) is 12.2 Å². The lowest BCUT2D eigenvalue weighted by Gasteiger charge is -2.36. The van der Waals surface area contributed by atoms with Crippen LogP contribution in [0.4, 0.5) is 0 Å². The molecule has 0 radical (unpaired) electrons. The van der Waals surface area contributed by atoms with Gasteiger partial charge in [0.1, 0.15) is 0 Å². The van der Waals surface area contributed by atoms with Crippen molar-refractivity contribution in [1.82, 2.24) is 15.1 Å². The van der Waals surface area contributed by atoms with Crippen LogP contribution >= 0.6 is 0 Å². The summed E-state index contributed by atoms with van der Waals surface area (Å²) in [5.41, 5.74) is 1.34. The number of hydrogen-bond donors (Lipinski definition) is 1. The van der Waals surface area contributed by atoms with Crippen LogP contribution in [0.1, 0.15) is 32.6 Å². The van der Waals surface area contributed by atoms with E-state index in [1.54, 1.807) is 0 Å². The van der Waals surface area contributed by atoms with Gasteiger partial charge in [0, 0.05) is 25.2 Å². The minimum Gasteiger partial charge on any atom is -0.310 e. The van der Waals surface area contributed by atoms with Gasteiger partial charge in [-0.1, -0.05) is 13.5 Å². The van der Waals surface area contributed by atoms with Crippen molar-refractivity contribution in [2.45, 2.75) is 44.7 Å². The molecule has 1 aliphatic heterocycles. The number of nitrogens with zero attached hydrogens (tertiary/aromatic N) is 2. The smallest absolute Gasteiger partial charge is 0.0202 e. The van der Waals surface area contributed by atoms with Crippen LogP contribution in [0, 0.1) is 0 Å². The maximum Gasteiger partial charge on any atom is 0.0202 e. The zero-order valence-electron chi connectivity index (χ0n) is 12.1. The summed E-state index contributed by atoms with van der Waals surface area (Å²) in [7, 11) is 2.26. The van der Waals surface area contributed by atoms with Crippen LogP contribution in [0.2, 0.25) is 0 Å². The van der Waals surface area contributed by atoms with E-state index in [0.717, 1.165) is 25.2 Å². The topological polar surface area (TPSA) is 18.5 Å². The molecule has 0 spiro atoms. The van der Waals surface area contributed by atoms with E-state index < -0.39 is 0 Å². The molecule has 0 atom stereocenters. The average Bonchev–Trinajstić information content (AvgIpc) is 3.20. The van der Waals surface area contributed by atoms with E-state index in [2.05, 4.69) is 35.7 Å². The minimum atomic E-state index is 0.755. The van der Waals surface area contributed by atoms with Crippen molar-refractivity contribution in [1.29, 1.82) is 0 Å². The number of likely N-dealkylation sites (N-methyl/N-ethyl adjacent to an activating group) is 1. The first-order valence-corrected chi connectivity index (χ1v) is 7.51. The minimum absolute atomic E-state index is 0.755. The summed E-state index contributed by atoms with van der Waals surface area (Å²) in [5, 5.41) is 3.55. The van der Waals surface area contributed by atoms with Gasteiger partial charge in [0.15, 0.2) is 0 Å². The lowest BCUT2D eigenvalue weighted by atomic mass is 10.0. The summed E-state index contributed by atoms with van der Waals surface area (Å²) in [6.07, 6.45) is 5.35. The van der Waals surface area contributed by atoms with Crippen LogP contribution < -0.4 is 5.32 Å². The van der Waals surface area contributed by atoms with Crippen molar-refractivity contribution in [2.75, 3.05) is 39.8 Å². The van der Waals surface area contributed by atoms with E-state index in [1.807, 2.05) is 0 Å². The first-order chi connectivity index (χ1) is 8.69. The monoisotopic (exact) mass is 251 g/mol. The number of likely N-dealkylation sites (tertiary alicyclic amines) is 1. The van der Waals surface area contributed by atoms with Gasteiger partial charge in [-0.25, -0.2) is 0 Å². The van der Waals surface area contributed by atoms with Gasteiger partial charge in [-0.3, -0.25) is 4.90 Å². The number of hydrogen-bond acceptors (Lipinski definition) is 3. The van der Waals surface area contributed by atoms with Crippen molar-refractivity contribution in [2.24, 2.45) is 0 Å². The SMILES string of the molecule is C=C(CNC1CC1)CN(C)C1CCN(CC)CC1. The molecule has 0 aromatic heterocycles. The second-order valence-corrected chi connectivity index (χ2v) is 5.99. The van der Waals surface area contributed by atoms with Crippen molar-refractivity contribution in [3.63, 3.8) is 0 Å². The molecule has 0 aromatic rings. The molecule has 1 aliphatic carbocycles. The highest BCUT2D eigenvalue weighted by Crippen LogP contribution is 2.19. The van der Waals surface area contributed by atoms with Crippen LogP contribution in [-0.2, 0) is 0 Å². The molecule has 3 nitrogen and oxygen atoms in total. The molecular weight excluding hydrogens is 222 g/mol. The molecule has 104 valence electrons. The van der Waals surface area contributed by atoms with Gasteiger partial charge in [-0.2, -0.15) is 0 Å². The molecule has 0 aromatic carbocycles. The quantitative estimate of drug-likeness (QED) is 0.695. The third-order valence-electron chi connectivity index (χ3n) is 4.32. The lowest BCUT2D eigenvalue weighted by molar-refractivity contribution is 0.138. The molecule has 18 heavy (non-hydrogen) atoms. The molecule has 0 bridgehead atoms. The van der Waals surface area contributed by atoms with Crippen molar-refractivity contribution in [3.05, 3.63) is 12.2 Å². The Morgan fingerprint density at radius 2 is 1.94 bits per heavy atom. The number of nitrogens with one attached hydrogen (secondary N) is 1. The third-order valence-corrected chi connectivity index (χ3v) is 4.32. The van der Waals surface area contributed by atoms with Crippen LogP contribution in [-0.4, -0.2) is 61.7 Å². The molecule has 1 N–H and O–H groups in total. The summed E-state index contributed by atoms with van der Waals surface area (Å²) in [6, 6.07) is 1.55. The zero-order chi connectivity index (χ0) is 13.0. The Morgan fingerprint density at radius 1 is 1.28 bits per heavy atom. The van der Waals surface area contributed by atoms with Gasteiger partial charge in [0.25, 0.3) is 0 Å². The molecule has 2 fully saturated rings. The molecule has 0 unspecified atom stereocenters. The first-order valence-electron chi connectivity index (χ1n) is 7.51. The van der Waals surface area contributed by atoms with E-state index in [1.165, 1.54) is 50.9 Å². The molecule has 2 aliphatic rings. The Hall–Kier alpha value is -0.380. The second-order valence-electron chi connectivity index (χ2n) is 5.99. The van der Waals surface area contributed by atoms with E-state index in [9.17, 15) is 0 Å². The molecule has 3 heteroatoms. The van der Waals surface area contributed by atoms with Crippen LogP contribution in [0.25, 0.3) is 0 Å². The fraction of sp³-hybridized carbons (Fsp3) is 0.867. The van der Waals surface area contributed by atoms with Gasteiger partial charge >= 0.3 is 0 Å². The zero-order valence-corrected chi connectivity index (χ0v) is 12.1. The van der Waals surface area contributed by atoms with Crippen LogP contribution in [0.3, 0.4) is 0 Å². The van der Waals surface area contributed by atoms with Gasteiger partial charge < -0.3 is 10.2 Å². The molecule has 1 saturated carbocycles. The number of rotatable bonds is 7. The summed E-state index contributed by atoms with van der Waals surface area (Å²) in [6.45, 7) is 12.2. The maximum atomic E-state index is 4.21. The summed E-state index contributed by atoms with van der Waals surface area (Å²) in [5.74, 6) is 0. The molecule has 2 rings (SSSR count). The average molecular weight is 251 g/mol.